The summed E-state index contributed by atoms with van der Waals surface area (Å²) < 4.78 is 25.7. The third kappa shape index (κ3) is 4.49. The molecule has 15 heavy (non-hydrogen) atoms. The Morgan fingerprint density at radius 1 is 1.33 bits per heavy atom. The summed E-state index contributed by atoms with van der Waals surface area (Å²) in [5.74, 6) is 0.152. The Hall–Kier alpha value is -0.130. The van der Waals surface area contributed by atoms with E-state index < -0.39 is 10.0 Å². The second-order valence-electron chi connectivity index (χ2n) is 4.80. The normalized spacial score (nSPS) is 20.7. The van der Waals surface area contributed by atoms with Crippen LogP contribution in [0.2, 0.25) is 0 Å². The van der Waals surface area contributed by atoms with Crippen LogP contribution in [0.1, 0.15) is 39.0 Å². The molecule has 5 heteroatoms. The number of rotatable bonds is 6. The lowest BCUT2D eigenvalue weighted by Gasteiger charge is -2.23. The van der Waals surface area contributed by atoms with Gasteiger partial charge in [0.05, 0.1) is 5.75 Å². The molecule has 1 rings (SSSR count). The van der Waals surface area contributed by atoms with Crippen molar-refractivity contribution in [1.29, 1.82) is 0 Å². The summed E-state index contributed by atoms with van der Waals surface area (Å²) in [7, 11) is -3.10. The maximum Gasteiger partial charge on any atom is 0.211 e. The van der Waals surface area contributed by atoms with Crippen LogP contribution in [0.3, 0.4) is 0 Å². The maximum atomic E-state index is 11.5. The van der Waals surface area contributed by atoms with Crippen LogP contribution in [0.4, 0.5) is 0 Å². The fourth-order valence-electron chi connectivity index (χ4n) is 2.04. The lowest BCUT2D eigenvalue weighted by molar-refractivity contribution is 0.336. The Morgan fingerprint density at radius 2 is 1.93 bits per heavy atom. The Morgan fingerprint density at radius 3 is 2.47 bits per heavy atom. The minimum atomic E-state index is -3.10. The van der Waals surface area contributed by atoms with Gasteiger partial charge in [0.1, 0.15) is 0 Å². The molecule has 90 valence electrons. The van der Waals surface area contributed by atoms with Gasteiger partial charge in [0.15, 0.2) is 0 Å². The minimum Gasteiger partial charge on any atom is -0.330 e. The van der Waals surface area contributed by atoms with E-state index in [1.54, 1.807) is 0 Å². The van der Waals surface area contributed by atoms with Gasteiger partial charge in [-0.3, -0.25) is 0 Å². The highest BCUT2D eigenvalue weighted by atomic mass is 32.2. The summed E-state index contributed by atoms with van der Waals surface area (Å²) in [6, 6.07) is 0. The first kappa shape index (κ1) is 12.9. The predicted molar refractivity (Wildman–Crippen MR) is 62.0 cm³/mol. The molecule has 0 spiro atoms. The molecule has 1 aliphatic rings. The van der Waals surface area contributed by atoms with Crippen LogP contribution in [-0.2, 0) is 10.0 Å². The van der Waals surface area contributed by atoms with Gasteiger partial charge in [0.25, 0.3) is 0 Å². The Balaban J connectivity index is 2.35. The lowest BCUT2D eigenvalue weighted by Crippen LogP contribution is -2.35. The third-order valence-corrected chi connectivity index (χ3v) is 4.56. The van der Waals surface area contributed by atoms with Crippen molar-refractivity contribution in [2.75, 3.05) is 18.8 Å². The monoisotopic (exact) mass is 234 g/mol. The van der Waals surface area contributed by atoms with Gasteiger partial charge in [0, 0.05) is 6.54 Å². The zero-order chi connectivity index (χ0) is 11.4. The van der Waals surface area contributed by atoms with Crippen molar-refractivity contribution in [3.05, 3.63) is 0 Å². The van der Waals surface area contributed by atoms with E-state index in [0.29, 0.717) is 19.5 Å². The van der Waals surface area contributed by atoms with Crippen LogP contribution in [0, 0.1) is 5.41 Å². The van der Waals surface area contributed by atoms with Crippen molar-refractivity contribution in [3.63, 3.8) is 0 Å². The van der Waals surface area contributed by atoms with E-state index in [1.165, 1.54) is 12.8 Å². The van der Waals surface area contributed by atoms with E-state index in [1.807, 2.05) is 0 Å². The largest absolute Gasteiger partial charge is 0.330 e. The van der Waals surface area contributed by atoms with Gasteiger partial charge in [-0.05, 0) is 31.2 Å². The van der Waals surface area contributed by atoms with Crippen molar-refractivity contribution in [2.45, 2.75) is 39.0 Å². The van der Waals surface area contributed by atoms with Gasteiger partial charge >= 0.3 is 0 Å². The van der Waals surface area contributed by atoms with Crippen LogP contribution < -0.4 is 10.5 Å². The van der Waals surface area contributed by atoms with Crippen molar-refractivity contribution in [3.8, 4) is 0 Å². The summed E-state index contributed by atoms with van der Waals surface area (Å²) in [4.78, 5) is 0. The fraction of sp³-hybridized carbons (Fsp3) is 1.00. The summed E-state index contributed by atoms with van der Waals surface area (Å²) in [5.41, 5.74) is 5.46. The molecule has 0 unspecified atom stereocenters. The van der Waals surface area contributed by atoms with E-state index in [-0.39, 0.29) is 11.2 Å². The molecule has 0 aromatic heterocycles. The molecule has 0 amide bonds. The highest BCUT2D eigenvalue weighted by Gasteiger charge is 2.29. The first-order chi connectivity index (χ1) is 6.97. The Labute approximate surface area is 92.7 Å². The fourth-order valence-corrected chi connectivity index (χ4v) is 3.29. The Kier molecular flexibility index (Phi) is 4.55. The number of nitrogens with one attached hydrogen (secondary N) is 1. The van der Waals surface area contributed by atoms with E-state index in [2.05, 4.69) is 11.6 Å². The molecule has 0 bridgehead atoms. The zero-order valence-corrected chi connectivity index (χ0v) is 10.3. The molecule has 4 nitrogen and oxygen atoms in total. The first-order valence-electron chi connectivity index (χ1n) is 5.65. The van der Waals surface area contributed by atoms with Crippen LogP contribution in [0.5, 0.6) is 0 Å². The molecule has 1 fully saturated rings. The molecule has 0 heterocycles. The highest BCUT2D eigenvalue weighted by molar-refractivity contribution is 7.89. The molecule has 0 aromatic rings. The van der Waals surface area contributed by atoms with E-state index >= 15 is 0 Å². The molecular weight excluding hydrogens is 212 g/mol. The van der Waals surface area contributed by atoms with Crippen LogP contribution in [-0.4, -0.2) is 27.3 Å². The minimum absolute atomic E-state index is 0.152. The molecule has 0 saturated heterocycles. The number of sulfonamides is 1. The topological polar surface area (TPSA) is 72.2 Å². The third-order valence-electron chi connectivity index (χ3n) is 3.15. The quantitative estimate of drug-likeness (QED) is 0.715. The second kappa shape index (κ2) is 5.27. The van der Waals surface area contributed by atoms with E-state index in [4.69, 9.17) is 5.73 Å². The SMILES string of the molecule is CC1(CNS(=O)(=O)CCCN)CCCC1. The predicted octanol–water partition coefficient (Wildman–Crippen LogP) is 0.835. The van der Waals surface area contributed by atoms with E-state index in [0.717, 1.165) is 12.8 Å². The molecule has 0 aliphatic heterocycles. The summed E-state index contributed by atoms with van der Waals surface area (Å²) in [6.07, 6.45) is 5.24. The smallest absolute Gasteiger partial charge is 0.211 e. The van der Waals surface area contributed by atoms with Crippen molar-refractivity contribution in [1.82, 2.24) is 4.72 Å². The van der Waals surface area contributed by atoms with Gasteiger partial charge in [-0.2, -0.15) is 0 Å². The number of nitrogens with two attached hydrogens (primary N) is 1. The molecule has 1 aliphatic carbocycles. The molecule has 0 aromatic carbocycles. The maximum absolute atomic E-state index is 11.5. The summed E-state index contributed by atoms with van der Waals surface area (Å²) in [6.45, 7) is 3.17. The van der Waals surface area contributed by atoms with Crippen LogP contribution in [0.25, 0.3) is 0 Å². The van der Waals surface area contributed by atoms with Gasteiger partial charge in [0.2, 0.25) is 10.0 Å². The standard InChI is InChI=1S/C10H22N2O2S/c1-10(5-2-3-6-10)9-12-15(13,14)8-4-7-11/h12H,2-9,11H2,1H3. The highest BCUT2D eigenvalue weighted by Crippen LogP contribution is 2.36. The lowest BCUT2D eigenvalue weighted by atomic mass is 9.89. The van der Waals surface area contributed by atoms with Gasteiger partial charge in [-0.1, -0.05) is 19.8 Å². The average molecular weight is 234 g/mol. The Bertz CT molecular complexity index is 282. The molecule has 3 N–H and O–H groups in total. The summed E-state index contributed by atoms with van der Waals surface area (Å²) >= 11 is 0. The van der Waals surface area contributed by atoms with Crippen LogP contribution >= 0.6 is 0 Å². The van der Waals surface area contributed by atoms with Crippen molar-refractivity contribution >= 4 is 10.0 Å². The zero-order valence-electron chi connectivity index (χ0n) is 9.46. The second-order valence-corrected chi connectivity index (χ2v) is 6.73. The number of hydrogen-bond donors (Lipinski definition) is 2. The van der Waals surface area contributed by atoms with Crippen LogP contribution in [0.15, 0.2) is 0 Å². The van der Waals surface area contributed by atoms with Gasteiger partial charge in [-0.15, -0.1) is 0 Å². The van der Waals surface area contributed by atoms with Crippen molar-refractivity contribution < 1.29 is 8.42 Å². The van der Waals surface area contributed by atoms with Gasteiger partial charge < -0.3 is 5.73 Å². The summed E-state index contributed by atoms with van der Waals surface area (Å²) in [5, 5.41) is 0. The van der Waals surface area contributed by atoms with E-state index in [9.17, 15) is 8.42 Å². The number of hydrogen-bond acceptors (Lipinski definition) is 3. The average Bonchev–Trinajstić information content (AvgIpc) is 2.61. The molecule has 1 saturated carbocycles. The molecule has 0 atom stereocenters. The molecular formula is C10H22N2O2S. The molecule has 0 radical (unpaired) electrons. The van der Waals surface area contributed by atoms with Gasteiger partial charge in [-0.25, -0.2) is 13.1 Å². The van der Waals surface area contributed by atoms with Crippen molar-refractivity contribution in [2.24, 2.45) is 11.1 Å². The first-order valence-corrected chi connectivity index (χ1v) is 7.30.